The molecule has 0 unspecified atom stereocenters. The minimum atomic E-state index is -3.66. The number of nitrogens with zero attached hydrogens (tertiary/aromatic N) is 2. The molecule has 0 saturated carbocycles. The normalized spacial score (nSPS) is 15.8. The Hall–Kier alpha value is -2.18. The molecule has 1 saturated heterocycles. The summed E-state index contributed by atoms with van der Waals surface area (Å²) in [5, 5.41) is 4.97. The van der Waals surface area contributed by atoms with E-state index in [1.54, 1.807) is 62.2 Å². The lowest BCUT2D eigenvalue weighted by Gasteiger charge is -2.34. The average molecular weight is 515 g/mol. The number of thiophene rings is 1. The maximum Gasteiger partial charge on any atom is 0.422 e. The summed E-state index contributed by atoms with van der Waals surface area (Å²) in [5.41, 5.74) is 2.50. The van der Waals surface area contributed by atoms with E-state index in [1.165, 1.54) is 4.31 Å². The van der Waals surface area contributed by atoms with Gasteiger partial charge >= 0.3 is 6.09 Å². The lowest BCUT2D eigenvalue weighted by molar-refractivity contribution is 0.0276. The maximum atomic E-state index is 13.0. The molecule has 0 atom stereocenters. The summed E-state index contributed by atoms with van der Waals surface area (Å²) in [5.74, 6) is -0.266. The predicted octanol–water partition coefficient (Wildman–Crippen LogP) is 3.08. The molecule has 12 heteroatoms. The molecule has 1 aliphatic heterocycles. The molecule has 2 amide bonds. The van der Waals surface area contributed by atoms with Crippen LogP contribution in [0.25, 0.3) is 0 Å². The Labute approximate surface area is 202 Å². The Morgan fingerprint density at radius 1 is 1.06 bits per heavy atom. The van der Waals surface area contributed by atoms with Crippen LogP contribution in [0.4, 0.5) is 4.79 Å². The van der Waals surface area contributed by atoms with E-state index < -0.39 is 21.7 Å². The van der Waals surface area contributed by atoms with Crippen LogP contribution in [0, 0.1) is 0 Å². The highest BCUT2D eigenvalue weighted by molar-refractivity contribution is 7.91. The second kappa shape index (κ2) is 10.4. The number of hydrogen-bond donors (Lipinski definition) is 2. The maximum absolute atomic E-state index is 13.0. The van der Waals surface area contributed by atoms with Crippen LogP contribution in [0.1, 0.15) is 36.0 Å². The third kappa shape index (κ3) is 7.15. The molecule has 180 valence electrons. The summed E-state index contributed by atoms with van der Waals surface area (Å²) < 4.78 is 32.9. The summed E-state index contributed by atoms with van der Waals surface area (Å²) in [7, 11) is -3.66. The predicted molar refractivity (Wildman–Crippen MR) is 127 cm³/mol. The molecule has 2 N–H and O–H groups in total. The van der Waals surface area contributed by atoms with Crippen molar-refractivity contribution < 1.29 is 22.7 Å². The SMILES string of the molecule is CC(C)(C)OC(=O)NN1CCN(S(=O)(=O)c2ccc(CNC(=O)c3ccc(Cl)cc3)s2)CC1. The van der Waals surface area contributed by atoms with Crippen LogP contribution in [0.2, 0.25) is 5.02 Å². The smallest absolute Gasteiger partial charge is 0.422 e. The highest BCUT2D eigenvalue weighted by Gasteiger charge is 2.30. The summed E-state index contributed by atoms with van der Waals surface area (Å²) in [6, 6.07) is 9.76. The molecular weight excluding hydrogens is 488 g/mol. The molecular formula is C21H27ClN4O5S2. The van der Waals surface area contributed by atoms with Gasteiger partial charge in [-0.25, -0.2) is 18.2 Å². The monoisotopic (exact) mass is 514 g/mol. The van der Waals surface area contributed by atoms with E-state index in [9.17, 15) is 18.0 Å². The first kappa shape index (κ1) is 25.4. The van der Waals surface area contributed by atoms with E-state index in [0.717, 1.165) is 16.2 Å². The standard InChI is InChI=1S/C21H27ClN4O5S2/c1-21(2,3)31-20(28)24-25-10-12-26(13-11-25)33(29,30)18-9-8-17(32-18)14-23-19(27)15-4-6-16(22)7-5-15/h4-9H,10-14H2,1-3H3,(H,23,27)(H,24,28). The van der Waals surface area contributed by atoms with E-state index in [2.05, 4.69) is 10.7 Å². The second-order valence-electron chi connectivity index (χ2n) is 8.42. The molecule has 1 aromatic heterocycles. The molecule has 2 aromatic rings. The Morgan fingerprint density at radius 2 is 1.70 bits per heavy atom. The van der Waals surface area contributed by atoms with Crippen molar-refractivity contribution in [3.8, 4) is 0 Å². The number of hydrazine groups is 1. The van der Waals surface area contributed by atoms with Gasteiger partial charge in [-0.15, -0.1) is 11.3 Å². The van der Waals surface area contributed by atoms with Gasteiger partial charge in [0.2, 0.25) is 0 Å². The van der Waals surface area contributed by atoms with Gasteiger partial charge in [0.15, 0.2) is 0 Å². The zero-order valence-corrected chi connectivity index (χ0v) is 21.0. The number of halogens is 1. The number of amides is 2. The van der Waals surface area contributed by atoms with Crippen molar-refractivity contribution in [3.63, 3.8) is 0 Å². The molecule has 0 aliphatic carbocycles. The van der Waals surface area contributed by atoms with E-state index in [0.29, 0.717) is 23.7 Å². The van der Waals surface area contributed by atoms with Crippen molar-refractivity contribution in [2.45, 2.75) is 37.1 Å². The number of carbonyl (C=O) groups excluding carboxylic acids is 2. The van der Waals surface area contributed by atoms with Crippen LogP contribution in [0.5, 0.6) is 0 Å². The minimum absolute atomic E-state index is 0.215. The van der Waals surface area contributed by atoms with E-state index in [1.807, 2.05) is 0 Å². The fraction of sp³-hybridized carbons (Fsp3) is 0.429. The molecule has 1 fully saturated rings. The highest BCUT2D eigenvalue weighted by Crippen LogP contribution is 2.26. The van der Waals surface area contributed by atoms with Crippen molar-refractivity contribution in [2.75, 3.05) is 26.2 Å². The Kier molecular flexibility index (Phi) is 8.01. The molecule has 2 heterocycles. The number of piperazine rings is 1. The van der Waals surface area contributed by atoms with Crippen LogP contribution in [0.3, 0.4) is 0 Å². The minimum Gasteiger partial charge on any atom is -0.443 e. The van der Waals surface area contributed by atoms with Gasteiger partial charge in [-0.1, -0.05) is 11.6 Å². The summed E-state index contributed by atoms with van der Waals surface area (Å²) in [6.45, 7) is 6.69. The van der Waals surface area contributed by atoms with Gasteiger partial charge in [0.1, 0.15) is 9.81 Å². The van der Waals surface area contributed by atoms with E-state index in [4.69, 9.17) is 16.3 Å². The molecule has 33 heavy (non-hydrogen) atoms. The fourth-order valence-corrected chi connectivity index (χ4v) is 6.06. The second-order valence-corrected chi connectivity index (χ2v) is 12.2. The fourth-order valence-electron chi connectivity index (χ4n) is 3.06. The number of benzene rings is 1. The van der Waals surface area contributed by atoms with Gasteiger partial charge in [-0.3, -0.25) is 10.2 Å². The van der Waals surface area contributed by atoms with Gasteiger partial charge < -0.3 is 10.1 Å². The number of ether oxygens (including phenoxy) is 1. The van der Waals surface area contributed by atoms with E-state index >= 15 is 0 Å². The van der Waals surface area contributed by atoms with Crippen molar-refractivity contribution in [3.05, 3.63) is 51.9 Å². The Morgan fingerprint density at radius 3 is 2.30 bits per heavy atom. The lowest BCUT2D eigenvalue weighted by Crippen LogP contribution is -2.55. The quantitative estimate of drug-likeness (QED) is 0.613. The molecule has 1 aliphatic rings. The van der Waals surface area contributed by atoms with Crippen LogP contribution >= 0.6 is 22.9 Å². The van der Waals surface area contributed by atoms with Crippen molar-refractivity contribution >= 4 is 45.0 Å². The third-order valence-corrected chi connectivity index (χ3v) is 8.35. The van der Waals surface area contributed by atoms with Crippen LogP contribution < -0.4 is 10.7 Å². The largest absolute Gasteiger partial charge is 0.443 e. The lowest BCUT2D eigenvalue weighted by atomic mass is 10.2. The highest BCUT2D eigenvalue weighted by atomic mass is 35.5. The zero-order chi connectivity index (χ0) is 24.2. The number of rotatable bonds is 6. The molecule has 3 rings (SSSR count). The summed E-state index contributed by atoms with van der Waals surface area (Å²) >= 11 is 6.96. The first-order chi connectivity index (χ1) is 15.4. The molecule has 0 bridgehead atoms. The number of carbonyl (C=O) groups is 2. The van der Waals surface area contributed by atoms with Crippen molar-refractivity contribution in [1.29, 1.82) is 0 Å². The van der Waals surface area contributed by atoms with Crippen molar-refractivity contribution in [2.24, 2.45) is 0 Å². The van der Waals surface area contributed by atoms with Crippen molar-refractivity contribution in [1.82, 2.24) is 20.1 Å². The van der Waals surface area contributed by atoms with Crippen LogP contribution in [-0.2, 0) is 21.3 Å². The van der Waals surface area contributed by atoms with Crippen LogP contribution in [0.15, 0.2) is 40.6 Å². The first-order valence-electron chi connectivity index (χ1n) is 10.3. The molecule has 0 spiro atoms. The van der Waals surface area contributed by atoms with Gasteiger partial charge in [0.25, 0.3) is 15.9 Å². The third-order valence-electron chi connectivity index (χ3n) is 4.65. The van der Waals surface area contributed by atoms with Gasteiger partial charge in [0.05, 0.1) is 6.54 Å². The van der Waals surface area contributed by atoms with E-state index in [-0.39, 0.29) is 29.8 Å². The zero-order valence-electron chi connectivity index (χ0n) is 18.6. The molecule has 1 aromatic carbocycles. The number of nitrogens with one attached hydrogen (secondary N) is 2. The van der Waals surface area contributed by atoms with Gasteiger partial charge in [0, 0.05) is 41.6 Å². The molecule has 9 nitrogen and oxygen atoms in total. The average Bonchev–Trinajstić information content (AvgIpc) is 3.21. The first-order valence-corrected chi connectivity index (χ1v) is 12.9. The Balaban J connectivity index is 1.52. The summed E-state index contributed by atoms with van der Waals surface area (Å²) in [6.07, 6.45) is -0.567. The number of sulfonamides is 1. The number of hydrogen-bond acceptors (Lipinski definition) is 7. The molecule has 0 radical (unpaired) electrons. The Bertz CT molecular complexity index is 1090. The van der Waals surface area contributed by atoms with Gasteiger partial charge in [-0.2, -0.15) is 4.31 Å². The van der Waals surface area contributed by atoms with Gasteiger partial charge in [-0.05, 0) is 57.2 Å². The summed E-state index contributed by atoms with van der Waals surface area (Å²) in [4.78, 5) is 24.9. The van der Waals surface area contributed by atoms with Crippen LogP contribution in [-0.4, -0.2) is 61.5 Å². The topological polar surface area (TPSA) is 108 Å².